The number of nitrogens with one attached hydrogen (secondary N) is 2. The van der Waals surface area contributed by atoms with Crippen LogP contribution in [0, 0.1) is 23.0 Å². The monoisotopic (exact) mass is 383 g/mol. The van der Waals surface area contributed by atoms with Gasteiger partial charge in [-0.15, -0.1) is 0 Å². The fraction of sp³-hybridized carbons (Fsp3) is 0.263. The van der Waals surface area contributed by atoms with Crippen LogP contribution in [-0.2, 0) is 17.8 Å². The van der Waals surface area contributed by atoms with Crippen LogP contribution in [0.25, 0.3) is 0 Å². The summed E-state index contributed by atoms with van der Waals surface area (Å²) in [4.78, 5) is 30.0. The molecule has 2 aromatic rings. The number of rotatable bonds is 3. The molecule has 2 aliphatic rings. The maximum atomic E-state index is 14.0. The van der Waals surface area contributed by atoms with E-state index in [1.165, 1.54) is 12.3 Å². The number of benzene rings is 1. The molecule has 2 N–H and O–H groups in total. The van der Waals surface area contributed by atoms with E-state index in [0.717, 1.165) is 16.5 Å². The number of fused-ring (bicyclic) bond motifs is 2. The second-order valence-electron chi connectivity index (χ2n) is 6.71. The van der Waals surface area contributed by atoms with Crippen molar-refractivity contribution in [2.75, 3.05) is 11.9 Å². The quantitative estimate of drug-likeness (QED) is 0.850. The summed E-state index contributed by atoms with van der Waals surface area (Å²) in [6.45, 7) is -0.507. The standard InChI is InChI=1S/C19H15F2N5O2/c20-13-2-4-14-12(17(13)21)8-26(19(28)25-14)9-16(27)24-15-3-1-11-5-10(6-22)7-23-18(11)15/h2,4-5,7,15H,1,3,8-9H2,(H,24,27)(H,25,28)/t15-/m0/s1. The Morgan fingerprint density at radius 3 is 3.04 bits per heavy atom. The van der Waals surface area contributed by atoms with Crippen molar-refractivity contribution >= 4 is 17.6 Å². The SMILES string of the molecule is N#Cc1cnc2c(c1)CC[C@@H]2NC(=O)CN1Cc2c(ccc(F)c2F)NC1=O. The third kappa shape index (κ3) is 3.13. The topological polar surface area (TPSA) is 98.1 Å². The van der Waals surface area contributed by atoms with Crippen molar-refractivity contribution in [2.24, 2.45) is 0 Å². The smallest absolute Gasteiger partial charge is 0.322 e. The molecule has 4 rings (SSSR count). The predicted octanol–water partition coefficient (Wildman–Crippen LogP) is 2.38. The first-order valence-electron chi connectivity index (χ1n) is 8.67. The summed E-state index contributed by atoms with van der Waals surface area (Å²) in [5, 5.41) is 14.2. The highest BCUT2D eigenvalue weighted by Gasteiger charge is 2.30. The number of anilines is 1. The molecule has 0 spiro atoms. The minimum absolute atomic E-state index is 0.00399. The Morgan fingerprint density at radius 1 is 1.43 bits per heavy atom. The van der Waals surface area contributed by atoms with E-state index in [4.69, 9.17) is 5.26 Å². The largest absolute Gasteiger partial charge is 0.346 e. The molecule has 1 aliphatic carbocycles. The summed E-state index contributed by atoms with van der Waals surface area (Å²) < 4.78 is 27.4. The fourth-order valence-electron chi connectivity index (χ4n) is 3.54. The maximum absolute atomic E-state index is 14.0. The van der Waals surface area contributed by atoms with E-state index in [1.807, 2.05) is 6.07 Å². The van der Waals surface area contributed by atoms with Crippen molar-refractivity contribution in [3.8, 4) is 6.07 Å². The second kappa shape index (κ2) is 6.88. The third-order valence-corrected chi connectivity index (χ3v) is 4.91. The van der Waals surface area contributed by atoms with Gasteiger partial charge in [0.2, 0.25) is 5.91 Å². The molecule has 1 aromatic heterocycles. The lowest BCUT2D eigenvalue weighted by Crippen LogP contribution is -2.45. The van der Waals surface area contributed by atoms with Gasteiger partial charge >= 0.3 is 6.03 Å². The Balaban J connectivity index is 1.45. The molecule has 28 heavy (non-hydrogen) atoms. The number of amides is 3. The second-order valence-corrected chi connectivity index (χ2v) is 6.71. The maximum Gasteiger partial charge on any atom is 0.322 e. The van der Waals surface area contributed by atoms with Crippen LogP contribution in [0.5, 0.6) is 0 Å². The van der Waals surface area contributed by atoms with Crippen molar-refractivity contribution in [1.82, 2.24) is 15.2 Å². The normalized spacial score (nSPS) is 17.4. The molecule has 9 heteroatoms. The van der Waals surface area contributed by atoms with Gasteiger partial charge in [-0.1, -0.05) is 0 Å². The number of halogens is 2. The highest BCUT2D eigenvalue weighted by Crippen LogP contribution is 2.30. The molecule has 2 heterocycles. The molecule has 7 nitrogen and oxygen atoms in total. The number of nitriles is 1. The van der Waals surface area contributed by atoms with E-state index in [1.54, 1.807) is 6.07 Å². The molecule has 1 aromatic carbocycles. The first-order valence-corrected chi connectivity index (χ1v) is 8.67. The molecule has 0 fully saturated rings. The minimum Gasteiger partial charge on any atom is -0.346 e. The van der Waals surface area contributed by atoms with Crippen molar-refractivity contribution in [3.05, 3.63) is 58.4 Å². The minimum atomic E-state index is -1.04. The Labute approximate surface area is 159 Å². The van der Waals surface area contributed by atoms with E-state index in [-0.39, 0.29) is 30.4 Å². The lowest BCUT2D eigenvalue weighted by Gasteiger charge is -2.29. The van der Waals surface area contributed by atoms with Crippen LogP contribution in [0.4, 0.5) is 19.3 Å². The number of pyridine rings is 1. The van der Waals surface area contributed by atoms with Gasteiger partial charge in [0, 0.05) is 11.8 Å². The lowest BCUT2D eigenvalue weighted by molar-refractivity contribution is -0.122. The number of aryl methyl sites for hydroxylation is 1. The van der Waals surface area contributed by atoms with E-state index < -0.39 is 23.6 Å². The van der Waals surface area contributed by atoms with Crippen molar-refractivity contribution in [1.29, 1.82) is 5.26 Å². The Morgan fingerprint density at radius 2 is 2.25 bits per heavy atom. The van der Waals surface area contributed by atoms with Crippen LogP contribution in [0.2, 0.25) is 0 Å². The first kappa shape index (κ1) is 17.9. The van der Waals surface area contributed by atoms with E-state index in [9.17, 15) is 18.4 Å². The van der Waals surface area contributed by atoms with Crippen molar-refractivity contribution in [2.45, 2.75) is 25.4 Å². The van der Waals surface area contributed by atoms with Gasteiger partial charge in [-0.05, 0) is 36.6 Å². The van der Waals surface area contributed by atoms with Crippen LogP contribution in [0.3, 0.4) is 0 Å². The molecule has 1 aliphatic heterocycles. The lowest BCUT2D eigenvalue weighted by atomic mass is 10.1. The number of urea groups is 1. The highest BCUT2D eigenvalue weighted by molar-refractivity contribution is 5.95. The Bertz CT molecular complexity index is 1030. The molecule has 0 bridgehead atoms. The summed E-state index contributed by atoms with van der Waals surface area (Å²) in [5.74, 6) is -2.48. The van der Waals surface area contributed by atoms with E-state index >= 15 is 0 Å². The van der Waals surface area contributed by atoms with Gasteiger partial charge in [0.1, 0.15) is 12.6 Å². The first-order chi connectivity index (χ1) is 13.5. The number of aromatic nitrogens is 1. The summed E-state index contributed by atoms with van der Waals surface area (Å²) in [5.41, 5.74) is 2.27. The average Bonchev–Trinajstić information content (AvgIpc) is 3.08. The number of hydrogen-bond donors (Lipinski definition) is 2. The number of nitrogens with zero attached hydrogens (tertiary/aromatic N) is 3. The average molecular weight is 383 g/mol. The number of carbonyl (C=O) groups is 2. The Kier molecular flexibility index (Phi) is 4.39. The zero-order chi connectivity index (χ0) is 19.8. The summed E-state index contributed by atoms with van der Waals surface area (Å²) >= 11 is 0. The van der Waals surface area contributed by atoms with Gasteiger partial charge in [-0.3, -0.25) is 9.78 Å². The van der Waals surface area contributed by atoms with Gasteiger partial charge in [0.15, 0.2) is 11.6 Å². The van der Waals surface area contributed by atoms with E-state index in [2.05, 4.69) is 15.6 Å². The molecule has 0 saturated carbocycles. The molecule has 0 saturated heterocycles. The highest BCUT2D eigenvalue weighted by atomic mass is 19.2. The van der Waals surface area contributed by atoms with Crippen LogP contribution in [0.1, 0.15) is 34.8 Å². The van der Waals surface area contributed by atoms with Gasteiger partial charge in [0.25, 0.3) is 0 Å². The van der Waals surface area contributed by atoms with E-state index in [0.29, 0.717) is 24.1 Å². The summed E-state index contributed by atoms with van der Waals surface area (Å²) in [7, 11) is 0. The number of carbonyl (C=O) groups excluding carboxylic acids is 2. The van der Waals surface area contributed by atoms with Gasteiger partial charge in [-0.25, -0.2) is 13.6 Å². The van der Waals surface area contributed by atoms with Crippen molar-refractivity contribution < 1.29 is 18.4 Å². The van der Waals surface area contributed by atoms with Crippen LogP contribution in [0.15, 0.2) is 24.4 Å². The molecular formula is C19H15F2N5O2. The van der Waals surface area contributed by atoms with Crippen LogP contribution in [-0.4, -0.2) is 28.4 Å². The van der Waals surface area contributed by atoms with Gasteiger partial charge in [0.05, 0.1) is 29.5 Å². The molecule has 142 valence electrons. The summed E-state index contributed by atoms with van der Waals surface area (Å²) in [6, 6.07) is 5.14. The summed E-state index contributed by atoms with van der Waals surface area (Å²) in [6.07, 6.45) is 2.78. The number of hydrogen-bond acceptors (Lipinski definition) is 4. The molecular weight excluding hydrogens is 368 g/mol. The van der Waals surface area contributed by atoms with Crippen molar-refractivity contribution in [3.63, 3.8) is 0 Å². The van der Waals surface area contributed by atoms with Crippen LogP contribution < -0.4 is 10.6 Å². The van der Waals surface area contributed by atoms with Crippen LogP contribution >= 0.6 is 0 Å². The zero-order valence-electron chi connectivity index (χ0n) is 14.6. The molecule has 1 atom stereocenters. The van der Waals surface area contributed by atoms with Gasteiger partial charge < -0.3 is 15.5 Å². The Hall–Kier alpha value is -3.54. The van der Waals surface area contributed by atoms with Gasteiger partial charge in [-0.2, -0.15) is 5.26 Å². The molecule has 0 unspecified atom stereocenters. The molecule has 3 amide bonds. The molecule has 0 radical (unpaired) electrons. The zero-order valence-corrected chi connectivity index (χ0v) is 14.6. The predicted molar refractivity (Wildman–Crippen MR) is 93.9 cm³/mol. The fourth-order valence-corrected chi connectivity index (χ4v) is 3.54. The third-order valence-electron chi connectivity index (χ3n) is 4.91.